The van der Waals surface area contributed by atoms with Gasteiger partial charge < -0.3 is 9.47 Å². The Kier molecular flexibility index (Phi) is 5.00. The summed E-state index contributed by atoms with van der Waals surface area (Å²) in [6, 6.07) is 7.61. The Morgan fingerprint density at radius 3 is 2.47 bits per heavy atom. The maximum Gasteiger partial charge on any atom is 0.197 e. The Hall–Kier alpha value is -1.79. The number of rotatable bonds is 7. The number of hydrogen-bond donors (Lipinski definition) is 2. The van der Waals surface area contributed by atoms with Crippen LogP contribution in [0.3, 0.4) is 0 Å². The lowest BCUT2D eigenvalue weighted by Gasteiger charge is -2.07. The molecule has 0 amide bonds. The van der Waals surface area contributed by atoms with Crippen molar-refractivity contribution >= 4 is 16.5 Å². The van der Waals surface area contributed by atoms with Gasteiger partial charge in [0.2, 0.25) is 0 Å². The maximum atomic E-state index is 5.66. The zero-order chi connectivity index (χ0) is 13.5. The van der Waals surface area contributed by atoms with Crippen molar-refractivity contribution in [3.05, 3.63) is 35.3 Å². The standard InChI is InChI=1S/C13H17N3O2S/c1-2-7-17-10-3-5-11(6-4-10)18-9-12-8-15-13(16-14)19-12/h3-6,8H,2,7,9,14H2,1H3,(H,15,16). The lowest BCUT2D eigenvalue weighted by Crippen LogP contribution is -2.05. The summed E-state index contributed by atoms with van der Waals surface area (Å²) in [6.45, 7) is 3.29. The molecule has 0 unspecified atom stereocenters. The molecule has 1 aromatic heterocycles. The molecule has 0 bridgehead atoms. The summed E-state index contributed by atoms with van der Waals surface area (Å²) in [6.07, 6.45) is 2.75. The van der Waals surface area contributed by atoms with E-state index in [1.165, 1.54) is 11.3 Å². The van der Waals surface area contributed by atoms with Crippen LogP contribution < -0.4 is 20.7 Å². The number of hydrogen-bond acceptors (Lipinski definition) is 6. The van der Waals surface area contributed by atoms with Gasteiger partial charge in [-0.15, -0.1) is 0 Å². The van der Waals surface area contributed by atoms with Crippen molar-refractivity contribution in [2.75, 3.05) is 12.0 Å². The van der Waals surface area contributed by atoms with Gasteiger partial charge in [0.1, 0.15) is 18.1 Å². The Labute approximate surface area is 116 Å². The van der Waals surface area contributed by atoms with Crippen LogP contribution in [0.15, 0.2) is 30.5 Å². The molecule has 2 rings (SSSR count). The predicted molar refractivity (Wildman–Crippen MR) is 76.5 cm³/mol. The van der Waals surface area contributed by atoms with Gasteiger partial charge in [0.15, 0.2) is 5.13 Å². The van der Waals surface area contributed by atoms with Crippen molar-refractivity contribution < 1.29 is 9.47 Å². The van der Waals surface area contributed by atoms with E-state index in [0.29, 0.717) is 11.7 Å². The zero-order valence-electron chi connectivity index (χ0n) is 10.8. The van der Waals surface area contributed by atoms with Crippen LogP contribution in [0.4, 0.5) is 5.13 Å². The molecule has 0 fully saturated rings. The van der Waals surface area contributed by atoms with Crippen LogP contribution in [0.2, 0.25) is 0 Å². The number of hydrazine groups is 1. The lowest BCUT2D eigenvalue weighted by molar-refractivity contribution is 0.304. The smallest absolute Gasteiger partial charge is 0.197 e. The fraction of sp³-hybridized carbons (Fsp3) is 0.308. The molecule has 3 N–H and O–H groups in total. The number of benzene rings is 1. The molecular formula is C13H17N3O2S. The Morgan fingerprint density at radius 1 is 1.21 bits per heavy atom. The number of nitrogen functional groups attached to an aromatic ring is 1. The topological polar surface area (TPSA) is 69.4 Å². The first-order valence-electron chi connectivity index (χ1n) is 6.09. The van der Waals surface area contributed by atoms with Crippen molar-refractivity contribution in [1.29, 1.82) is 0 Å². The Balaban J connectivity index is 1.85. The van der Waals surface area contributed by atoms with Crippen LogP contribution >= 0.6 is 11.3 Å². The van der Waals surface area contributed by atoms with Gasteiger partial charge in [-0.1, -0.05) is 18.3 Å². The summed E-state index contributed by atoms with van der Waals surface area (Å²) < 4.78 is 11.2. The summed E-state index contributed by atoms with van der Waals surface area (Å²) >= 11 is 1.47. The molecule has 2 aromatic rings. The molecule has 0 spiro atoms. The van der Waals surface area contributed by atoms with E-state index in [1.54, 1.807) is 6.20 Å². The SMILES string of the molecule is CCCOc1ccc(OCc2cnc(NN)s2)cc1. The minimum Gasteiger partial charge on any atom is -0.494 e. The van der Waals surface area contributed by atoms with Crippen molar-refractivity contribution in [1.82, 2.24) is 4.98 Å². The minimum atomic E-state index is 0.481. The van der Waals surface area contributed by atoms with Gasteiger partial charge in [-0.05, 0) is 30.7 Å². The number of thiazole rings is 1. The number of nitrogens with one attached hydrogen (secondary N) is 1. The summed E-state index contributed by atoms with van der Waals surface area (Å²) in [5.74, 6) is 6.94. The van der Waals surface area contributed by atoms with Crippen LogP contribution in [0.25, 0.3) is 0 Å². The van der Waals surface area contributed by atoms with Gasteiger partial charge in [-0.3, -0.25) is 5.43 Å². The average Bonchev–Trinajstić information content (AvgIpc) is 2.92. The van der Waals surface area contributed by atoms with E-state index in [4.69, 9.17) is 15.3 Å². The van der Waals surface area contributed by atoms with Gasteiger partial charge in [0.25, 0.3) is 0 Å². The van der Waals surface area contributed by atoms with Gasteiger partial charge in [0, 0.05) is 6.20 Å². The zero-order valence-corrected chi connectivity index (χ0v) is 11.6. The van der Waals surface area contributed by atoms with E-state index in [-0.39, 0.29) is 0 Å². The third kappa shape index (κ3) is 4.11. The predicted octanol–water partition coefficient (Wildman–Crippen LogP) is 2.80. The molecule has 1 aromatic carbocycles. The molecule has 19 heavy (non-hydrogen) atoms. The van der Waals surface area contributed by atoms with E-state index < -0.39 is 0 Å². The normalized spacial score (nSPS) is 10.2. The molecule has 0 saturated heterocycles. The van der Waals surface area contributed by atoms with Crippen molar-refractivity contribution in [2.45, 2.75) is 20.0 Å². The summed E-state index contributed by atoms with van der Waals surface area (Å²) in [5, 5.41) is 0.682. The fourth-order valence-corrected chi connectivity index (χ4v) is 2.08. The minimum absolute atomic E-state index is 0.481. The van der Waals surface area contributed by atoms with E-state index in [2.05, 4.69) is 17.3 Å². The highest BCUT2D eigenvalue weighted by atomic mass is 32.1. The fourth-order valence-electron chi connectivity index (χ4n) is 1.45. The van der Waals surface area contributed by atoms with Crippen LogP contribution in [-0.2, 0) is 6.61 Å². The largest absolute Gasteiger partial charge is 0.494 e. The first-order chi connectivity index (χ1) is 9.31. The van der Waals surface area contributed by atoms with E-state index in [9.17, 15) is 0 Å². The third-order valence-corrected chi connectivity index (χ3v) is 3.26. The number of anilines is 1. The Morgan fingerprint density at radius 2 is 1.89 bits per heavy atom. The van der Waals surface area contributed by atoms with Crippen LogP contribution in [0.5, 0.6) is 11.5 Å². The molecule has 0 aliphatic carbocycles. The second kappa shape index (κ2) is 6.96. The van der Waals surface area contributed by atoms with E-state index >= 15 is 0 Å². The summed E-state index contributed by atoms with van der Waals surface area (Å²) in [5.41, 5.74) is 2.51. The molecule has 0 atom stereocenters. The molecular weight excluding hydrogens is 262 g/mol. The molecule has 0 aliphatic heterocycles. The number of aromatic nitrogens is 1. The van der Waals surface area contributed by atoms with Crippen LogP contribution in [0, 0.1) is 0 Å². The molecule has 0 aliphatic rings. The lowest BCUT2D eigenvalue weighted by atomic mass is 10.3. The number of ether oxygens (including phenoxy) is 2. The number of nitrogens with zero attached hydrogens (tertiary/aromatic N) is 1. The summed E-state index contributed by atoms with van der Waals surface area (Å²) in [4.78, 5) is 5.09. The molecule has 0 saturated carbocycles. The molecule has 5 nitrogen and oxygen atoms in total. The monoisotopic (exact) mass is 279 g/mol. The van der Waals surface area contributed by atoms with Crippen LogP contribution in [0.1, 0.15) is 18.2 Å². The van der Waals surface area contributed by atoms with Crippen molar-refractivity contribution in [2.24, 2.45) is 5.84 Å². The first kappa shape index (κ1) is 13.6. The van der Waals surface area contributed by atoms with Crippen LogP contribution in [-0.4, -0.2) is 11.6 Å². The van der Waals surface area contributed by atoms with Gasteiger partial charge in [-0.25, -0.2) is 10.8 Å². The molecule has 102 valence electrons. The highest BCUT2D eigenvalue weighted by Crippen LogP contribution is 2.21. The summed E-state index contributed by atoms with van der Waals surface area (Å²) in [7, 11) is 0. The second-order valence-corrected chi connectivity index (χ2v) is 5.00. The highest BCUT2D eigenvalue weighted by Gasteiger charge is 2.02. The number of nitrogens with two attached hydrogens (primary N) is 1. The highest BCUT2D eigenvalue weighted by molar-refractivity contribution is 7.15. The quantitative estimate of drug-likeness (QED) is 0.602. The van der Waals surface area contributed by atoms with Gasteiger partial charge in [-0.2, -0.15) is 0 Å². The van der Waals surface area contributed by atoms with Crippen molar-refractivity contribution in [3.63, 3.8) is 0 Å². The third-order valence-electron chi connectivity index (χ3n) is 2.35. The Bertz CT molecular complexity index is 499. The van der Waals surface area contributed by atoms with Gasteiger partial charge in [0.05, 0.1) is 11.5 Å². The van der Waals surface area contributed by atoms with E-state index in [1.807, 2.05) is 24.3 Å². The molecule has 0 radical (unpaired) electrons. The molecule has 1 heterocycles. The average molecular weight is 279 g/mol. The van der Waals surface area contributed by atoms with Gasteiger partial charge >= 0.3 is 0 Å². The van der Waals surface area contributed by atoms with E-state index in [0.717, 1.165) is 29.4 Å². The maximum absolute atomic E-state index is 5.66. The first-order valence-corrected chi connectivity index (χ1v) is 6.90. The molecule has 6 heteroatoms. The van der Waals surface area contributed by atoms with Crippen molar-refractivity contribution in [3.8, 4) is 11.5 Å². The second-order valence-electron chi connectivity index (χ2n) is 3.88.